The Morgan fingerprint density at radius 2 is 1.95 bits per heavy atom. The molecule has 1 heterocycles. The molecule has 0 bridgehead atoms. The van der Waals surface area contributed by atoms with Gasteiger partial charge in [0.1, 0.15) is 16.1 Å². The maximum Gasteiger partial charge on any atom is 0.322 e. The van der Waals surface area contributed by atoms with Crippen LogP contribution in [0.1, 0.15) is 5.56 Å². The molecule has 0 aliphatic heterocycles. The average molecular weight is 329 g/mol. The number of hydrogen-bond acceptors (Lipinski definition) is 4. The number of nitrogens with one attached hydrogen (secondary N) is 1. The summed E-state index contributed by atoms with van der Waals surface area (Å²) in [5, 5.41) is 10.7. The first-order chi connectivity index (χ1) is 9.88. The molecule has 2 aromatic rings. The Bertz CT molecular complexity index is 711. The standard InChI is InChI=1S/C13H12FNO4S2/c14-10-5-3-9(4-6-10)8-11(13(16)17)15-21(18,19)12-2-1-7-20-12/h1-7,11,15H,8H2,(H,16,17)/t11-/m1/s1. The molecule has 2 N–H and O–H groups in total. The molecular formula is C13H12FNO4S2. The number of carbonyl (C=O) groups is 1. The van der Waals surface area contributed by atoms with Gasteiger partial charge in [0.25, 0.3) is 10.0 Å². The lowest BCUT2D eigenvalue weighted by Crippen LogP contribution is -2.42. The number of rotatable bonds is 6. The van der Waals surface area contributed by atoms with Crippen LogP contribution in [0.3, 0.4) is 0 Å². The number of sulfonamides is 1. The second-order valence-electron chi connectivity index (χ2n) is 4.27. The zero-order valence-corrected chi connectivity index (χ0v) is 12.3. The third-order valence-electron chi connectivity index (χ3n) is 2.71. The predicted octanol–water partition coefficient (Wildman–Crippen LogP) is 1.86. The summed E-state index contributed by atoms with van der Waals surface area (Å²) in [7, 11) is -3.88. The Morgan fingerprint density at radius 3 is 2.48 bits per heavy atom. The average Bonchev–Trinajstić information content (AvgIpc) is 2.95. The van der Waals surface area contributed by atoms with Crippen molar-refractivity contribution in [1.29, 1.82) is 0 Å². The van der Waals surface area contributed by atoms with E-state index in [1.807, 2.05) is 0 Å². The van der Waals surface area contributed by atoms with Crippen LogP contribution in [0.2, 0.25) is 0 Å². The lowest BCUT2D eigenvalue weighted by Gasteiger charge is -2.14. The Kier molecular flexibility index (Phi) is 4.71. The first-order valence-corrected chi connectivity index (χ1v) is 8.28. The fourth-order valence-electron chi connectivity index (χ4n) is 1.70. The fourth-order valence-corrected chi connectivity index (χ4v) is 3.90. The van der Waals surface area contributed by atoms with Crippen molar-refractivity contribution < 1.29 is 22.7 Å². The molecule has 1 atom stereocenters. The summed E-state index contributed by atoms with van der Waals surface area (Å²) in [5.74, 6) is -1.73. The van der Waals surface area contributed by atoms with E-state index in [0.717, 1.165) is 11.3 Å². The van der Waals surface area contributed by atoms with Crippen molar-refractivity contribution in [2.75, 3.05) is 0 Å². The van der Waals surface area contributed by atoms with Crippen LogP contribution in [0.5, 0.6) is 0 Å². The van der Waals surface area contributed by atoms with E-state index in [1.165, 1.54) is 30.3 Å². The van der Waals surface area contributed by atoms with Crippen molar-refractivity contribution in [2.24, 2.45) is 0 Å². The van der Waals surface area contributed by atoms with Gasteiger partial charge in [-0.3, -0.25) is 4.79 Å². The van der Waals surface area contributed by atoms with Crippen molar-refractivity contribution in [3.8, 4) is 0 Å². The van der Waals surface area contributed by atoms with Crippen molar-refractivity contribution >= 4 is 27.3 Å². The largest absolute Gasteiger partial charge is 0.480 e. The van der Waals surface area contributed by atoms with Gasteiger partial charge in [-0.25, -0.2) is 12.8 Å². The number of carboxylic acids is 1. The molecule has 0 saturated carbocycles. The minimum absolute atomic E-state index is 0.0489. The summed E-state index contributed by atoms with van der Waals surface area (Å²) in [6.45, 7) is 0. The second kappa shape index (κ2) is 6.33. The van der Waals surface area contributed by atoms with Gasteiger partial charge < -0.3 is 5.11 Å². The molecular weight excluding hydrogens is 317 g/mol. The first-order valence-electron chi connectivity index (χ1n) is 5.91. The van der Waals surface area contributed by atoms with Crippen LogP contribution in [-0.2, 0) is 21.2 Å². The van der Waals surface area contributed by atoms with E-state index < -0.39 is 27.9 Å². The molecule has 0 aliphatic carbocycles. The SMILES string of the molecule is O=C(O)[C@@H](Cc1ccc(F)cc1)NS(=O)(=O)c1cccs1. The molecule has 1 aromatic carbocycles. The topological polar surface area (TPSA) is 83.5 Å². The highest BCUT2D eigenvalue weighted by Crippen LogP contribution is 2.16. The highest BCUT2D eigenvalue weighted by molar-refractivity contribution is 7.91. The van der Waals surface area contributed by atoms with Gasteiger partial charge >= 0.3 is 5.97 Å². The summed E-state index contributed by atoms with van der Waals surface area (Å²) in [6, 6.07) is 6.88. The van der Waals surface area contributed by atoms with E-state index in [9.17, 15) is 17.6 Å². The molecule has 0 amide bonds. The van der Waals surface area contributed by atoms with Gasteiger partial charge in [-0.2, -0.15) is 4.72 Å². The molecule has 0 spiro atoms. The maximum atomic E-state index is 12.8. The van der Waals surface area contributed by atoms with E-state index in [2.05, 4.69) is 4.72 Å². The van der Waals surface area contributed by atoms with Gasteiger partial charge in [0.15, 0.2) is 0 Å². The molecule has 0 fully saturated rings. The molecule has 2 rings (SSSR count). The van der Waals surface area contributed by atoms with Gasteiger partial charge in [-0.15, -0.1) is 11.3 Å². The number of carboxylic acid groups (broad SMARTS) is 1. The van der Waals surface area contributed by atoms with Crippen LogP contribution in [-0.4, -0.2) is 25.5 Å². The van der Waals surface area contributed by atoms with Crippen LogP contribution < -0.4 is 4.72 Å². The molecule has 5 nitrogen and oxygen atoms in total. The molecule has 1 aromatic heterocycles. The Labute approximate surface area is 125 Å². The van der Waals surface area contributed by atoms with Crippen LogP contribution in [0.25, 0.3) is 0 Å². The van der Waals surface area contributed by atoms with Crippen molar-refractivity contribution in [3.63, 3.8) is 0 Å². The molecule has 0 saturated heterocycles. The molecule has 8 heteroatoms. The van der Waals surface area contributed by atoms with E-state index in [-0.39, 0.29) is 10.6 Å². The third kappa shape index (κ3) is 4.10. The van der Waals surface area contributed by atoms with Gasteiger partial charge in [0, 0.05) is 0 Å². The number of thiophene rings is 1. The molecule has 0 aliphatic rings. The van der Waals surface area contributed by atoms with E-state index in [1.54, 1.807) is 11.4 Å². The maximum absolute atomic E-state index is 12.8. The second-order valence-corrected chi connectivity index (χ2v) is 7.16. The Morgan fingerprint density at radius 1 is 1.29 bits per heavy atom. The highest BCUT2D eigenvalue weighted by Gasteiger charge is 2.26. The monoisotopic (exact) mass is 329 g/mol. The molecule has 21 heavy (non-hydrogen) atoms. The fraction of sp³-hybridized carbons (Fsp3) is 0.154. The van der Waals surface area contributed by atoms with Crippen LogP contribution in [0.4, 0.5) is 4.39 Å². The van der Waals surface area contributed by atoms with E-state index >= 15 is 0 Å². The summed E-state index contributed by atoms with van der Waals surface area (Å²) in [6.07, 6.45) is -0.0692. The Hall–Kier alpha value is -1.77. The summed E-state index contributed by atoms with van der Waals surface area (Å²) in [5.41, 5.74) is 0.526. The van der Waals surface area contributed by atoms with Crippen LogP contribution in [0.15, 0.2) is 46.0 Å². The normalized spacial score (nSPS) is 13.0. The van der Waals surface area contributed by atoms with Crippen molar-refractivity contribution in [1.82, 2.24) is 4.72 Å². The highest BCUT2D eigenvalue weighted by atomic mass is 32.2. The molecule has 0 radical (unpaired) electrons. The van der Waals surface area contributed by atoms with Gasteiger partial charge in [-0.05, 0) is 35.6 Å². The third-order valence-corrected chi connectivity index (χ3v) is 5.58. The van der Waals surface area contributed by atoms with E-state index in [4.69, 9.17) is 5.11 Å². The lowest BCUT2D eigenvalue weighted by molar-refractivity contribution is -0.138. The van der Waals surface area contributed by atoms with Gasteiger partial charge in [-0.1, -0.05) is 18.2 Å². The van der Waals surface area contributed by atoms with Crippen LogP contribution in [0, 0.1) is 5.82 Å². The minimum atomic E-state index is -3.88. The summed E-state index contributed by atoms with van der Waals surface area (Å²) >= 11 is 0.999. The quantitative estimate of drug-likeness (QED) is 0.847. The van der Waals surface area contributed by atoms with Gasteiger partial charge in [0.05, 0.1) is 0 Å². The predicted molar refractivity (Wildman–Crippen MR) is 76.2 cm³/mol. The smallest absolute Gasteiger partial charge is 0.322 e. The molecule has 112 valence electrons. The lowest BCUT2D eigenvalue weighted by atomic mass is 10.1. The zero-order chi connectivity index (χ0) is 15.5. The first kappa shape index (κ1) is 15.6. The van der Waals surface area contributed by atoms with Gasteiger partial charge in [0.2, 0.25) is 0 Å². The number of hydrogen-bond donors (Lipinski definition) is 2. The minimum Gasteiger partial charge on any atom is -0.480 e. The molecule has 0 unspecified atom stereocenters. The van der Waals surface area contributed by atoms with Crippen LogP contribution >= 0.6 is 11.3 Å². The van der Waals surface area contributed by atoms with Crippen molar-refractivity contribution in [3.05, 3.63) is 53.2 Å². The van der Waals surface area contributed by atoms with Crippen molar-refractivity contribution in [2.45, 2.75) is 16.7 Å². The van der Waals surface area contributed by atoms with E-state index in [0.29, 0.717) is 5.56 Å². The summed E-state index contributed by atoms with van der Waals surface area (Å²) < 4.78 is 39.1. The zero-order valence-electron chi connectivity index (χ0n) is 10.7. The summed E-state index contributed by atoms with van der Waals surface area (Å²) in [4.78, 5) is 11.2. The Balaban J connectivity index is 2.17. The number of aliphatic carboxylic acids is 1. The number of halogens is 1. The number of benzene rings is 1.